The molecule has 0 aliphatic heterocycles. The van der Waals surface area contributed by atoms with E-state index in [1.807, 2.05) is 24.3 Å². The van der Waals surface area contributed by atoms with Crippen molar-refractivity contribution in [2.45, 2.75) is 18.9 Å². The van der Waals surface area contributed by atoms with E-state index in [9.17, 15) is 9.90 Å². The first-order valence-corrected chi connectivity index (χ1v) is 7.72. The fourth-order valence-corrected chi connectivity index (χ4v) is 2.54. The number of amides is 1. The van der Waals surface area contributed by atoms with Crippen LogP contribution in [0, 0.1) is 5.92 Å². The summed E-state index contributed by atoms with van der Waals surface area (Å²) in [4.78, 5) is 13.9. The van der Waals surface area contributed by atoms with E-state index < -0.39 is 6.10 Å². The van der Waals surface area contributed by atoms with Crippen LogP contribution < -0.4 is 4.74 Å². The van der Waals surface area contributed by atoms with Crippen LogP contribution in [0.5, 0.6) is 5.75 Å². The van der Waals surface area contributed by atoms with E-state index in [2.05, 4.69) is 10.2 Å². The highest BCUT2D eigenvalue weighted by molar-refractivity contribution is 5.93. The van der Waals surface area contributed by atoms with Crippen molar-refractivity contribution in [3.63, 3.8) is 0 Å². The Bertz CT molecular complexity index is 677. The number of aliphatic hydroxyl groups is 1. The zero-order valence-electron chi connectivity index (χ0n) is 13.3. The van der Waals surface area contributed by atoms with Gasteiger partial charge in [0.05, 0.1) is 18.9 Å². The van der Waals surface area contributed by atoms with Crippen LogP contribution in [0.2, 0.25) is 0 Å². The van der Waals surface area contributed by atoms with Gasteiger partial charge in [-0.3, -0.25) is 9.89 Å². The number of methoxy groups -OCH3 is 1. The van der Waals surface area contributed by atoms with Crippen LogP contribution in [-0.2, 0) is 0 Å². The molecule has 1 heterocycles. The van der Waals surface area contributed by atoms with E-state index >= 15 is 0 Å². The van der Waals surface area contributed by atoms with E-state index in [4.69, 9.17) is 4.74 Å². The highest BCUT2D eigenvalue weighted by Crippen LogP contribution is 2.32. The van der Waals surface area contributed by atoms with Gasteiger partial charge in [-0.1, -0.05) is 0 Å². The third-order valence-corrected chi connectivity index (χ3v) is 4.17. The standard InChI is InChI=1S/C17H21N3O3/c1-20(10-16(21)12-3-4-12)17(22)15-9-14(18-19-15)11-5-7-13(23-2)8-6-11/h5-9,12,16,21H,3-4,10H2,1-2H3,(H,18,19). The molecule has 2 N–H and O–H groups in total. The number of aliphatic hydroxyl groups excluding tert-OH is 1. The molecular weight excluding hydrogens is 294 g/mol. The minimum Gasteiger partial charge on any atom is -0.497 e. The Morgan fingerprint density at radius 3 is 2.74 bits per heavy atom. The Hall–Kier alpha value is -2.34. The molecule has 1 amide bonds. The number of aromatic nitrogens is 2. The summed E-state index contributed by atoms with van der Waals surface area (Å²) in [5.41, 5.74) is 2.02. The van der Waals surface area contributed by atoms with E-state index in [1.165, 1.54) is 4.90 Å². The van der Waals surface area contributed by atoms with Gasteiger partial charge in [0, 0.05) is 19.2 Å². The topological polar surface area (TPSA) is 78.5 Å². The number of ether oxygens (including phenoxy) is 1. The summed E-state index contributed by atoms with van der Waals surface area (Å²) < 4.78 is 5.13. The molecule has 1 saturated carbocycles. The molecular formula is C17H21N3O3. The van der Waals surface area contributed by atoms with Gasteiger partial charge in [-0.2, -0.15) is 5.10 Å². The summed E-state index contributed by atoms with van der Waals surface area (Å²) >= 11 is 0. The van der Waals surface area contributed by atoms with Gasteiger partial charge < -0.3 is 14.7 Å². The predicted molar refractivity (Wildman–Crippen MR) is 86.3 cm³/mol. The zero-order chi connectivity index (χ0) is 16.4. The molecule has 1 atom stereocenters. The van der Waals surface area contributed by atoms with E-state index in [0.29, 0.717) is 23.9 Å². The number of carbonyl (C=O) groups is 1. The van der Waals surface area contributed by atoms with Gasteiger partial charge in [-0.05, 0) is 49.1 Å². The fraction of sp³-hybridized carbons (Fsp3) is 0.412. The third-order valence-electron chi connectivity index (χ3n) is 4.17. The molecule has 1 aliphatic rings. The Morgan fingerprint density at radius 1 is 1.43 bits per heavy atom. The van der Waals surface area contributed by atoms with Crippen LogP contribution >= 0.6 is 0 Å². The monoisotopic (exact) mass is 315 g/mol. The second-order valence-electron chi connectivity index (χ2n) is 5.99. The van der Waals surface area contributed by atoms with E-state index in [0.717, 1.165) is 24.2 Å². The molecule has 0 bridgehead atoms. The summed E-state index contributed by atoms with van der Waals surface area (Å²) in [6.07, 6.45) is 1.66. The van der Waals surface area contributed by atoms with Crippen LogP contribution in [0.15, 0.2) is 30.3 Å². The minimum absolute atomic E-state index is 0.169. The third kappa shape index (κ3) is 3.53. The molecule has 122 valence electrons. The quantitative estimate of drug-likeness (QED) is 0.854. The second-order valence-corrected chi connectivity index (χ2v) is 5.99. The smallest absolute Gasteiger partial charge is 0.271 e. The van der Waals surface area contributed by atoms with Gasteiger partial charge in [0.25, 0.3) is 5.91 Å². The Morgan fingerprint density at radius 2 is 2.13 bits per heavy atom. The SMILES string of the molecule is COc1ccc(-c2cc(C(=O)N(C)CC(O)C3CC3)[nH]n2)cc1. The Labute approximate surface area is 135 Å². The number of rotatable bonds is 6. The number of carbonyl (C=O) groups excluding carboxylic acids is 1. The lowest BCUT2D eigenvalue weighted by Gasteiger charge is -2.19. The highest BCUT2D eigenvalue weighted by Gasteiger charge is 2.31. The number of aromatic amines is 1. The average Bonchev–Trinajstić information content (AvgIpc) is 3.31. The number of likely N-dealkylation sites (N-methyl/N-ethyl adjacent to an activating group) is 1. The van der Waals surface area contributed by atoms with Crippen molar-refractivity contribution in [2.24, 2.45) is 5.92 Å². The molecule has 1 unspecified atom stereocenters. The molecule has 1 aromatic carbocycles. The molecule has 1 aromatic heterocycles. The number of benzene rings is 1. The summed E-state index contributed by atoms with van der Waals surface area (Å²) in [7, 11) is 3.31. The molecule has 0 saturated heterocycles. The largest absolute Gasteiger partial charge is 0.497 e. The fourth-order valence-electron chi connectivity index (χ4n) is 2.54. The van der Waals surface area contributed by atoms with Crippen LogP contribution in [0.1, 0.15) is 23.3 Å². The molecule has 1 aliphatic carbocycles. The van der Waals surface area contributed by atoms with Crippen molar-refractivity contribution in [2.75, 3.05) is 20.7 Å². The van der Waals surface area contributed by atoms with Crippen molar-refractivity contribution in [1.29, 1.82) is 0 Å². The number of nitrogens with zero attached hydrogens (tertiary/aromatic N) is 2. The number of H-pyrrole nitrogens is 1. The van der Waals surface area contributed by atoms with Gasteiger partial charge in [0.1, 0.15) is 11.4 Å². The molecule has 6 heteroatoms. The number of nitrogens with one attached hydrogen (secondary N) is 1. The van der Waals surface area contributed by atoms with Gasteiger partial charge in [-0.15, -0.1) is 0 Å². The van der Waals surface area contributed by atoms with Gasteiger partial charge >= 0.3 is 0 Å². The number of hydrogen-bond donors (Lipinski definition) is 2. The maximum Gasteiger partial charge on any atom is 0.271 e. The first-order chi connectivity index (χ1) is 11.1. The van der Waals surface area contributed by atoms with Gasteiger partial charge in [0.2, 0.25) is 0 Å². The van der Waals surface area contributed by atoms with Crippen LogP contribution in [0.4, 0.5) is 0 Å². The Kier molecular flexibility index (Phi) is 4.34. The van der Waals surface area contributed by atoms with E-state index in [-0.39, 0.29) is 5.91 Å². The maximum absolute atomic E-state index is 12.4. The molecule has 6 nitrogen and oxygen atoms in total. The van der Waals surface area contributed by atoms with Crippen LogP contribution in [0.25, 0.3) is 11.3 Å². The zero-order valence-corrected chi connectivity index (χ0v) is 13.3. The van der Waals surface area contributed by atoms with Crippen LogP contribution in [-0.4, -0.2) is 52.9 Å². The first-order valence-electron chi connectivity index (χ1n) is 7.72. The molecule has 23 heavy (non-hydrogen) atoms. The molecule has 0 radical (unpaired) electrons. The molecule has 2 aromatic rings. The lowest BCUT2D eigenvalue weighted by Crippen LogP contribution is -2.35. The summed E-state index contributed by atoms with van der Waals surface area (Å²) in [5.74, 6) is 0.952. The molecule has 1 fully saturated rings. The van der Waals surface area contributed by atoms with Crippen molar-refractivity contribution in [3.05, 3.63) is 36.0 Å². The van der Waals surface area contributed by atoms with Crippen molar-refractivity contribution >= 4 is 5.91 Å². The van der Waals surface area contributed by atoms with Gasteiger partial charge in [0.15, 0.2) is 0 Å². The second kappa shape index (κ2) is 6.42. The summed E-state index contributed by atoms with van der Waals surface area (Å²) in [6.45, 7) is 0.348. The minimum atomic E-state index is -0.437. The normalized spacial score (nSPS) is 15.3. The lowest BCUT2D eigenvalue weighted by molar-refractivity contribution is 0.0640. The average molecular weight is 315 g/mol. The van der Waals surface area contributed by atoms with Crippen LogP contribution in [0.3, 0.4) is 0 Å². The van der Waals surface area contributed by atoms with E-state index in [1.54, 1.807) is 20.2 Å². The van der Waals surface area contributed by atoms with Crippen molar-refractivity contribution in [3.8, 4) is 17.0 Å². The first kappa shape index (κ1) is 15.6. The summed E-state index contributed by atoms with van der Waals surface area (Å²) in [6, 6.07) is 9.21. The van der Waals surface area contributed by atoms with Crippen molar-refractivity contribution < 1.29 is 14.6 Å². The van der Waals surface area contributed by atoms with Crippen molar-refractivity contribution in [1.82, 2.24) is 15.1 Å². The predicted octanol–water partition coefficient (Wildman–Crippen LogP) is 1.93. The molecule has 3 rings (SSSR count). The molecule has 0 spiro atoms. The summed E-state index contributed by atoms with van der Waals surface area (Å²) in [5, 5.41) is 16.9. The Balaban J connectivity index is 1.68. The highest BCUT2D eigenvalue weighted by atomic mass is 16.5. The van der Waals surface area contributed by atoms with Gasteiger partial charge in [-0.25, -0.2) is 0 Å². The maximum atomic E-state index is 12.4. The lowest BCUT2D eigenvalue weighted by atomic mass is 10.1. The number of hydrogen-bond acceptors (Lipinski definition) is 4.